The highest BCUT2D eigenvalue weighted by Gasteiger charge is 2.21. The summed E-state index contributed by atoms with van der Waals surface area (Å²) >= 11 is 0. The van der Waals surface area contributed by atoms with Crippen molar-refractivity contribution in [2.45, 2.75) is 19.3 Å². The highest BCUT2D eigenvalue weighted by Crippen LogP contribution is 2.07. The van der Waals surface area contributed by atoms with Crippen molar-refractivity contribution in [3.8, 4) is 0 Å². The molecule has 1 aliphatic heterocycles. The lowest BCUT2D eigenvalue weighted by molar-refractivity contribution is -0.148. The van der Waals surface area contributed by atoms with Crippen molar-refractivity contribution in [2.24, 2.45) is 0 Å². The van der Waals surface area contributed by atoms with Gasteiger partial charge in [0.25, 0.3) is 0 Å². The van der Waals surface area contributed by atoms with E-state index in [1.165, 1.54) is 19.1 Å². The number of nitrogens with one attached hydrogen (secondary N) is 2. The number of esters is 1. The number of carbonyl (C=O) groups excluding carboxylic acids is 1. The Kier molecular flexibility index (Phi) is 4.38. The Labute approximate surface area is 92.4 Å². The number of hydrogen-bond acceptors (Lipinski definition) is 6. The van der Waals surface area contributed by atoms with Gasteiger partial charge in [0.1, 0.15) is 12.3 Å². The van der Waals surface area contributed by atoms with Gasteiger partial charge >= 0.3 is 16.2 Å². The molecule has 0 amide bonds. The quantitative estimate of drug-likeness (QED) is 0.323. The van der Waals surface area contributed by atoms with E-state index in [0.717, 1.165) is 4.89 Å². The molecule has 0 saturated heterocycles. The summed E-state index contributed by atoms with van der Waals surface area (Å²) in [6, 6.07) is 0. The second kappa shape index (κ2) is 5.37. The first-order chi connectivity index (χ1) is 7.43. The molecule has 1 rings (SSSR count). The van der Waals surface area contributed by atoms with Crippen molar-refractivity contribution in [1.29, 1.82) is 0 Å². The third-order valence-corrected chi connectivity index (χ3v) is 2.43. The second-order valence-corrected chi connectivity index (χ2v) is 4.42. The first kappa shape index (κ1) is 13.1. The largest absolute Gasteiger partial charge is 0.456 e. The van der Waals surface area contributed by atoms with Gasteiger partial charge in [-0.25, -0.2) is 0 Å². The predicted octanol–water partition coefficient (Wildman–Crippen LogP) is -1.36. The van der Waals surface area contributed by atoms with Gasteiger partial charge in [-0.1, -0.05) is 4.89 Å². The molecule has 0 aromatic carbocycles. The van der Waals surface area contributed by atoms with Crippen LogP contribution in [0.3, 0.4) is 0 Å². The first-order valence-electron chi connectivity index (χ1n) is 4.33. The Morgan fingerprint density at radius 3 is 2.69 bits per heavy atom. The summed E-state index contributed by atoms with van der Waals surface area (Å²) < 4.78 is 33.5. The van der Waals surface area contributed by atoms with Crippen LogP contribution < -0.4 is 9.61 Å². The summed E-state index contributed by atoms with van der Waals surface area (Å²) in [7, 11) is -3.99. The fourth-order valence-corrected chi connectivity index (χ4v) is 1.58. The van der Waals surface area contributed by atoms with E-state index in [0.29, 0.717) is 0 Å². The molecule has 0 radical (unpaired) electrons. The molecule has 1 unspecified atom stereocenters. The SMILES string of the molecule is CC(=O)O[C@H]1C=CC(NS(=O)(=O)NO)OC1. The van der Waals surface area contributed by atoms with Gasteiger partial charge in [0.15, 0.2) is 0 Å². The van der Waals surface area contributed by atoms with Crippen molar-refractivity contribution in [1.82, 2.24) is 9.61 Å². The molecular formula is C7H12N2O6S. The molecule has 8 nitrogen and oxygen atoms in total. The average Bonchev–Trinajstić information content (AvgIpc) is 2.20. The molecule has 3 N–H and O–H groups in total. The van der Waals surface area contributed by atoms with Gasteiger partial charge in [-0.05, 0) is 12.2 Å². The van der Waals surface area contributed by atoms with Gasteiger partial charge in [0.2, 0.25) is 0 Å². The maximum atomic E-state index is 10.9. The summed E-state index contributed by atoms with van der Waals surface area (Å²) in [6.07, 6.45) is 1.43. The minimum absolute atomic E-state index is 0.0364. The highest BCUT2D eigenvalue weighted by atomic mass is 32.2. The fourth-order valence-electron chi connectivity index (χ4n) is 1.07. The molecule has 0 fully saturated rings. The standard InChI is InChI=1S/C7H12N2O6S/c1-5(10)15-6-2-3-7(14-4-6)8-16(12,13)9-11/h2-3,6-9,11H,4H2,1H3/t6-,7?/m0/s1. The van der Waals surface area contributed by atoms with Crippen LogP contribution in [0.25, 0.3) is 0 Å². The van der Waals surface area contributed by atoms with Gasteiger partial charge in [-0.2, -0.15) is 13.1 Å². The van der Waals surface area contributed by atoms with Crippen molar-refractivity contribution in [2.75, 3.05) is 6.61 Å². The highest BCUT2D eigenvalue weighted by molar-refractivity contribution is 7.87. The van der Waals surface area contributed by atoms with Crippen LogP contribution >= 0.6 is 0 Å². The lowest BCUT2D eigenvalue weighted by atomic mass is 10.3. The van der Waals surface area contributed by atoms with Crippen LogP contribution in [0, 0.1) is 0 Å². The van der Waals surface area contributed by atoms with Crippen molar-refractivity contribution < 1.29 is 27.9 Å². The predicted molar refractivity (Wildman–Crippen MR) is 51.4 cm³/mol. The summed E-state index contributed by atoms with van der Waals surface area (Å²) in [5.74, 6) is -0.450. The molecule has 0 bridgehead atoms. The van der Waals surface area contributed by atoms with Crippen molar-refractivity contribution >= 4 is 16.2 Å². The number of rotatable bonds is 4. The van der Waals surface area contributed by atoms with Crippen LogP contribution in [0.4, 0.5) is 0 Å². The topological polar surface area (TPSA) is 114 Å². The third-order valence-electron chi connectivity index (χ3n) is 1.65. The number of carbonyl (C=O) groups is 1. The normalized spacial score (nSPS) is 25.4. The van der Waals surface area contributed by atoms with E-state index >= 15 is 0 Å². The summed E-state index contributed by atoms with van der Waals surface area (Å²) in [6.45, 7) is 1.30. The van der Waals surface area contributed by atoms with Crippen LogP contribution in [0.2, 0.25) is 0 Å². The van der Waals surface area contributed by atoms with E-state index in [2.05, 4.69) is 0 Å². The first-order valence-corrected chi connectivity index (χ1v) is 5.81. The van der Waals surface area contributed by atoms with Gasteiger partial charge in [0, 0.05) is 6.92 Å². The Morgan fingerprint density at radius 1 is 1.56 bits per heavy atom. The summed E-state index contributed by atoms with van der Waals surface area (Å²) in [4.78, 5) is 11.7. The van der Waals surface area contributed by atoms with Crippen LogP contribution in [0.1, 0.15) is 6.92 Å². The zero-order valence-corrected chi connectivity index (χ0v) is 9.23. The molecule has 0 aromatic rings. The monoisotopic (exact) mass is 252 g/mol. The van der Waals surface area contributed by atoms with E-state index < -0.39 is 28.5 Å². The Morgan fingerprint density at radius 2 is 2.25 bits per heavy atom. The van der Waals surface area contributed by atoms with E-state index in [9.17, 15) is 13.2 Å². The molecule has 2 atom stereocenters. The zero-order valence-electron chi connectivity index (χ0n) is 8.41. The van der Waals surface area contributed by atoms with E-state index in [1.807, 2.05) is 4.72 Å². The molecule has 1 heterocycles. The van der Waals surface area contributed by atoms with Crippen molar-refractivity contribution in [3.05, 3.63) is 12.2 Å². The van der Waals surface area contributed by atoms with Gasteiger partial charge < -0.3 is 14.7 Å². The van der Waals surface area contributed by atoms with E-state index in [4.69, 9.17) is 14.7 Å². The molecule has 1 aliphatic rings. The lowest BCUT2D eigenvalue weighted by Crippen LogP contribution is -2.44. The summed E-state index contributed by atoms with van der Waals surface area (Å²) in [5.41, 5.74) is 0. The minimum atomic E-state index is -3.99. The van der Waals surface area contributed by atoms with Gasteiger partial charge in [0.05, 0.1) is 6.61 Å². The molecule has 0 spiro atoms. The van der Waals surface area contributed by atoms with Crippen LogP contribution in [0.5, 0.6) is 0 Å². The second-order valence-electron chi connectivity index (χ2n) is 3.00. The Bertz CT molecular complexity index is 378. The number of hydrogen-bond donors (Lipinski definition) is 3. The van der Waals surface area contributed by atoms with Gasteiger partial charge in [-0.15, -0.1) is 0 Å². The molecule has 9 heteroatoms. The molecule has 0 aromatic heterocycles. The molecule has 0 aliphatic carbocycles. The van der Waals surface area contributed by atoms with Gasteiger partial charge in [-0.3, -0.25) is 4.79 Å². The zero-order chi connectivity index (χ0) is 12.2. The van der Waals surface area contributed by atoms with Crippen molar-refractivity contribution in [3.63, 3.8) is 0 Å². The van der Waals surface area contributed by atoms with E-state index in [-0.39, 0.29) is 6.61 Å². The molecule has 16 heavy (non-hydrogen) atoms. The summed E-state index contributed by atoms with van der Waals surface area (Å²) in [5, 5.41) is 8.25. The Balaban J connectivity index is 2.49. The Hall–Kier alpha value is -1.00. The minimum Gasteiger partial charge on any atom is -0.456 e. The maximum absolute atomic E-state index is 10.9. The maximum Gasteiger partial charge on any atom is 0.303 e. The smallest absolute Gasteiger partial charge is 0.303 e. The molecule has 92 valence electrons. The number of ether oxygens (including phenoxy) is 2. The fraction of sp³-hybridized carbons (Fsp3) is 0.571. The lowest BCUT2D eigenvalue weighted by Gasteiger charge is -2.23. The third kappa shape index (κ3) is 4.24. The van der Waals surface area contributed by atoms with Crippen LogP contribution in [-0.4, -0.2) is 38.5 Å². The molecular weight excluding hydrogens is 240 g/mol. The van der Waals surface area contributed by atoms with Crippen LogP contribution in [0.15, 0.2) is 12.2 Å². The van der Waals surface area contributed by atoms with E-state index in [1.54, 1.807) is 0 Å². The average molecular weight is 252 g/mol. The molecule has 0 saturated carbocycles. The van der Waals surface area contributed by atoms with Crippen LogP contribution in [-0.2, 0) is 24.5 Å².